The Bertz CT molecular complexity index is 747. The zero-order chi connectivity index (χ0) is 15.7. The van der Waals surface area contributed by atoms with Gasteiger partial charge in [-0.25, -0.2) is 18.0 Å². The Morgan fingerprint density at radius 3 is 2.33 bits per heavy atom. The average molecular weight is 297 g/mol. The van der Waals surface area contributed by atoms with Gasteiger partial charge >= 0.3 is 5.97 Å². The van der Waals surface area contributed by atoms with Crippen LogP contribution in [0.4, 0.5) is 13.2 Å². The molecule has 4 nitrogen and oxygen atoms in total. The number of aromatic carboxylic acids is 1. The Balaban J connectivity index is 2.55. The molecule has 21 heavy (non-hydrogen) atoms. The van der Waals surface area contributed by atoms with Crippen LogP contribution in [0.15, 0.2) is 35.3 Å². The summed E-state index contributed by atoms with van der Waals surface area (Å²) in [5.74, 6) is -5.76. The third kappa shape index (κ3) is 2.67. The van der Waals surface area contributed by atoms with E-state index in [4.69, 9.17) is 5.11 Å². The highest BCUT2D eigenvalue weighted by Gasteiger charge is 2.18. The van der Waals surface area contributed by atoms with Crippen LogP contribution < -0.4 is 5.56 Å². The summed E-state index contributed by atoms with van der Waals surface area (Å²) in [6.45, 7) is 1.44. The van der Waals surface area contributed by atoms with E-state index < -0.39 is 40.6 Å². The number of pyridine rings is 1. The number of hydrogen-bond donors (Lipinski definition) is 1. The molecule has 0 amide bonds. The topological polar surface area (TPSA) is 59.3 Å². The Morgan fingerprint density at radius 2 is 1.81 bits per heavy atom. The molecule has 0 spiro atoms. The second kappa shape index (κ2) is 5.43. The lowest BCUT2D eigenvalue weighted by molar-refractivity contribution is 0.0694. The molecule has 0 saturated carbocycles. The van der Waals surface area contributed by atoms with E-state index >= 15 is 0 Å². The number of carboxylic acid groups (broad SMARTS) is 1. The molecular formula is C14H10F3NO3. The van der Waals surface area contributed by atoms with Crippen LogP contribution in [0.25, 0.3) is 0 Å². The van der Waals surface area contributed by atoms with Crippen LogP contribution in [-0.2, 0) is 0 Å². The summed E-state index contributed by atoms with van der Waals surface area (Å²) in [4.78, 5) is 22.9. The van der Waals surface area contributed by atoms with Crippen LogP contribution >= 0.6 is 0 Å². The zero-order valence-electron chi connectivity index (χ0n) is 10.8. The molecule has 2 rings (SSSR count). The van der Waals surface area contributed by atoms with Crippen molar-refractivity contribution < 1.29 is 23.1 Å². The number of nitrogens with zero attached hydrogens (tertiary/aromatic N) is 1. The van der Waals surface area contributed by atoms with Crippen LogP contribution in [0.1, 0.15) is 28.9 Å². The molecule has 1 aromatic carbocycles. The predicted molar refractivity (Wildman–Crippen MR) is 67.8 cm³/mol. The van der Waals surface area contributed by atoms with Gasteiger partial charge in [0.2, 0.25) is 0 Å². The number of hydrogen-bond acceptors (Lipinski definition) is 2. The minimum Gasteiger partial charge on any atom is -0.477 e. The molecular weight excluding hydrogens is 287 g/mol. The Labute approximate surface area is 117 Å². The fraction of sp³-hybridized carbons (Fsp3) is 0.143. The molecule has 0 unspecified atom stereocenters. The van der Waals surface area contributed by atoms with E-state index in [1.54, 1.807) is 0 Å². The van der Waals surface area contributed by atoms with Crippen LogP contribution in [0.2, 0.25) is 0 Å². The van der Waals surface area contributed by atoms with Gasteiger partial charge in [-0.1, -0.05) is 0 Å². The molecule has 1 atom stereocenters. The fourth-order valence-electron chi connectivity index (χ4n) is 1.95. The molecule has 0 saturated heterocycles. The molecule has 0 aliphatic heterocycles. The largest absolute Gasteiger partial charge is 0.477 e. The van der Waals surface area contributed by atoms with E-state index in [2.05, 4.69) is 0 Å². The van der Waals surface area contributed by atoms with Crippen molar-refractivity contribution in [3.63, 3.8) is 0 Å². The summed E-state index contributed by atoms with van der Waals surface area (Å²) >= 11 is 0. The van der Waals surface area contributed by atoms with E-state index in [1.807, 2.05) is 0 Å². The van der Waals surface area contributed by atoms with Crippen molar-refractivity contribution >= 4 is 5.97 Å². The Hall–Kier alpha value is -2.57. The Morgan fingerprint density at radius 1 is 1.24 bits per heavy atom. The van der Waals surface area contributed by atoms with Crippen molar-refractivity contribution in [2.45, 2.75) is 13.0 Å². The number of rotatable bonds is 3. The highest BCUT2D eigenvalue weighted by atomic mass is 19.2. The quantitative estimate of drug-likeness (QED) is 0.886. The minimum atomic E-state index is -1.60. The van der Waals surface area contributed by atoms with Gasteiger partial charge in [-0.05, 0) is 36.8 Å². The van der Waals surface area contributed by atoms with Gasteiger partial charge in [-0.15, -0.1) is 0 Å². The molecule has 110 valence electrons. The molecule has 0 aliphatic rings. The lowest BCUT2D eigenvalue weighted by Crippen LogP contribution is -2.28. The van der Waals surface area contributed by atoms with Gasteiger partial charge in [0.15, 0.2) is 17.5 Å². The summed E-state index contributed by atoms with van der Waals surface area (Å²) in [7, 11) is 0. The summed E-state index contributed by atoms with van der Waals surface area (Å²) in [5.41, 5.74) is -1.27. The van der Waals surface area contributed by atoms with Crippen LogP contribution in [0.5, 0.6) is 0 Å². The lowest BCUT2D eigenvalue weighted by Gasteiger charge is -2.16. The average Bonchev–Trinajstić information content (AvgIpc) is 2.43. The highest BCUT2D eigenvalue weighted by molar-refractivity contribution is 5.87. The van der Waals surface area contributed by atoms with Crippen LogP contribution in [-0.4, -0.2) is 15.6 Å². The first-order valence-corrected chi connectivity index (χ1v) is 5.91. The van der Waals surface area contributed by atoms with E-state index in [1.165, 1.54) is 19.2 Å². The van der Waals surface area contributed by atoms with Gasteiger partial charge in [-0.3, -0.25) is 4.79 Å². The number of carbonyl (C=O) groups is 1. The van der Waals surface area contributed by atoms with E-state index in [0.717, 1.165) is 22.8 Å². The van der Waals surface area contributed by atoms with Gasteiger partial charge in [0.25, 0.3) is 5.56 Å². The molecule has 0 bridgehead atoms. The molecule has 0 fully saturated rings. The molecule has 1 aromatic heterocycles. The maximum absolute atomic E-state index is 13.2. The number of carboxylic acids is 1. The minimum absolute atomic E-state index is 0.0102. The molecule has 0 aliphatic carbocycles. The summed E-state index contributed by atoms with van der Waals surface area (Å²) in [6.07, 6.45) is 1.29. The SMILES string of the molecule is C[C@@H](c1cc(F)c(F)c(F)c1)n1cccc(C(=O)O)c1=O. The van der Waals surface area contributed by atoms with Crippen LogP contribution in [0, 0.1) is 17.5 Å². The first-order chi connectivity index (χ1) is 9.82. The zero-order valence-corrected chi connectivity index (χ0v) is 10.8. The molecule has 0 radical (unpaired) electrons. The van der Waals surface area contributed by atoms with Crippen molar-refractivity contribution in [3.8, 4) is 0 Å². The van der Waals surface area contributed by atoms with Crippen molar-refractivity contribution in [2.24, 2.45) is 0 Å². The van der Waals surface area contributed by atoms with Crippen molar-refractivity contribution in [1.82, 2.24) is 4.57 Å². The second-order valence-corrected chi connectivity index (χ2v) is 4.41. The lowest BCUT2D eigenvalue weighted by atomic mass is 10.1. The predicted octanol–water partition coefficient (Wildman–Crippen LogP) is 2.57. The smallest absolute Gasteiger partial charge is 0.341 e. The molecule has 7 heteroatoms. The standard InChI is InChI=1S/C14H10F3NO3/c1-7(8-5-10(15)12(17)11(16)6-8)18-4-2-3-9(13(18)19)14(20)21/h2-7H,1H3,(H,20,21)/t7-/m0/s1. The molecule has 1 N–H and O–H groups in total. The Kier molecular flexibility index (Phi) is 3.84. The first-order valence-electron chi connectivity index (χ1n) is 5.91. The van der Waals surface area contributed by atoms with Gasteiger partial charge in [0.1, 0.15) is 5.56 Å². The normalized spacial score (nSPS) is 12.2. The summed E-state index contributed by atoms with van der Waals surface area (Å²) in [5, 5.41) is 8.88. The van der Waals surface area contributed by atoms with E-state index in [-0.39, 0.29) is 5.56 Å². The number of halogens is 3. The van der Waals surface area contributed by atoms with Crippen molar-refractivity contribution in [2.75, 3.05) is 0 Å². The van der Waals surface area contributed by atoms with Gasteiger partial charge < -0.3 is 9.67 Å². The van der Waals surface area contributed by atoms with Gasteiger partial charge in [0, 0.05) is 6.20 Å². The molecule has 2 aromatic rings. The van der Waals surface area contributed by atoms with Crippen molar-refractivity contribution in [3.05, 3.63) is 69.4 Å². The van der Waals surface area contributed by atoms with Gasteiger partial charge in [0.05, 0.1) is 6.04 Å². The first kappa shape index (κ1) is 14.8. The number of benzene rings is 1. The summed E-state index contributed by atoms with van der Waals surface area (Å²) < 4.78 is 40.4. The van der Waals surface area contributed by atoms with Crippen LogP contribution in [0.3, 0.4) is 0 Å². The number of aromatic nitrogens is 1. The second-order valence-electron chi connectivity index (χ2n) is 4.41. The fourth-order valence-corrected chi connectivity index (χ4v) is 1.95. The maximum Gasteiger partial charge on any atom is 0.341 e. The third-order valence-electron chi connectivity index (χ3n) is 3.11. The third-order valence-corrected chi connectivity index (χ3v) is 3.11. The van der Waals surface area contributed by atoms with Crippen molar-refractivity contribution in [1.29, 1.82) is 0 Å². The molecule has 1 heterocycles. The van der Waals surface area contributed by atoms with Gasteiger partial charge in [-0.2, -0.15) is 0 Å². The van der Waals surface area contributed by atoms with E-state index in [9.17, 15) is 22.8 Å². The monoisotopic (exact) mass is 297 g/mol. The summed E-state index contributed by atoms with van der Waals surface area (Å²) in [6, 6.07) is 3.13. The maximum atomic E-state index is 13.2. The van der Waals surface area contributed by atoms with E-state index in [0.29, 0.717) is 0 Å². The highest BCUT2D eigenvalue weighted by Crippen LogP contribution is 2.21.